The number of hydrogen-bond acceptors (Lipinski definition) is 4. The van der Waals surface area contributed by atoms with Crippen molar-refractivity contribution in [1.29, 1.82) is 0 Å². The van der Waals surface area contributed by atoms with E-state index in [9.17, 15) is 4.79 Å². The number of nitrogens with two attached hydrogens (primary N) is 1. The normalized spacial score (nSPS) is 12.1. The van der Waals surface area contributed by atoms with Crippen molar-refractivity contribution in [2.75, 3.05) is 6.54 Å². The van der Waals surface area contributed by atoms with Crippen molar-refractivity contribution in [3.8, 4) is 0 Å². The number of carbonyl (C=O) groups excluding carboxylic acids is 1. The average molecular weight is 368 g/mol. The summed E-state index contributed by atoms with van der Waals surface area (Å²) in [7, 11) is 0. The van der Waals surface area contributed by atoms with E-state index in [0.717, 1.165) is 21.5 Å². The van der Waals surface area contributed by atoms with Crippen molar-refractivity contribution >= 4 is 33.2 Å². The van der Waals surface area contributed by atoms with E-state index in [-0.39, 0.29) is 11.9 Å². The lowest BCUT2D eigenvalue weighted by Gasteiger charge is -2.16. The first-order valence-electron chi connectivity index (χ1n) is 6.84. The number of benzene rings is 1. The van der Waals surface area contributed by atoms with Gasteiger partial charge in [0, 0.05) is 16.3 Å². The van der Waals surface area contributed by atoms with Gasteiger partial charge in [-0.1, -0.05) is 35.0 Å². The highest BCUT2D eigenvalue weighted by atomic mass is 79.9. The first kappa shape index (κ1) is 16.1. The zero-order valence-corrected chi connectivity index (χ0v) is 14.2. The Morgan fingerprint density at radius 2 is 2.14 bits per heavy atom. The van der Waals surface area contributed by atoms with Crippen molar-refractivity contribution < 1.29 is 4.79 Å². The van der Waals surface area contributed by atoms with Crippen molar-refractivity contribution in [2.24, 2.45) is 5.73 Å². The molecule has 1 atom stereocenters. The van der Waals surface area contributed by atoms with Crippen molar-refractivity contribution in [3.63, 3.8) is 0 Å². The van der Waals surface area contributed by atoms with E-state index in [1.807, 2.05) is 31.2 Å². The van der Waals surface area contributed by atoms with Crippen molar-refractivity contribution in [3.05, 3.63) is 50.4 Å². The standard InChI is InChI=1S/C15H18BrN3OS/c1-2-12(10-3-5-11(16)6-4-10)19-15(20)13-9-21-14(18-13)7-8-17/h3-6,9,12H,2,7-8,17H2,1H3,(H,19,20). The molecule has 0 bridgehead atoms. The van der Waals surface area contributed by atoms with Gasteiger partial charge in [0.05, 0.1) is 11.0 Å². The number of amides is 1. The minimum Gasteiger partial charge on any atom is -0.344 e. The van der Waals surface area contributed by atoms with Gasteiger partial charge in [-0.2, -0.15) is 0 Å². The highest BCUT2D eigenvalue weighted by Crippen LogP contribution is 2.20. The summed E-state index contributed by atoms with van der Waals surface area (Å²) < 4.78 is 1.03. The summed E-state index contributed by atoms with van der Waals surface area (Å²) in [4.78, 5) is 16.6. The molecule has 6 heteroatoms. The predicted octanol–water partition coefficient (Wildman–Crippen LogP) is 3.29. The Morgan fingerprint density at radius 3 is 2.76 bits per heavy atom. The molecule has 0 saturated heterocycles. The van der Waals surface area contributed by atoms with Crippen LogP contribution in [0.1, 0.15) is 40.4 Å². The molecule has 1 amide bonds. The summed E-state index contributed by atoms with van der Waals surface area (Å²) in [6, 6.07) is 7.97. The number of rotatable bonds is 6. The number of thiazole rings is 1. The van der Waals surface area contributed by atoms with Crippen LogP contribution >= 0.6 is 27.3 Å². The van der Waals surface area contributed by atoms with Gasteiger partial charge >= 0.3 is 0 Å². The molecule has 4 nitrogen and oxygen atoms in total. The molecular formula is C15H18BrN3OS. The molecule has 112 valence electrons. The van der Waals surface area contributed by atoms with Gasteiger partial charge in [0.1, 0.15) is 5.69 Å². The molecule has 21 heavy (non-hydrogen) atoms. The van der Waals surface area contributed by atoms with Gasteiger partial charge in [-0.3, -0.25) is 4.79 Å². The van der Waals surface area contributed by atoms with Crippen LogP contribution in [0.4, 0.5) is 0 Å². The predicted molar refractivity (Wildman–Crippen MR) is 89.5 cm³/mol. The van der Waals surface area contributed by atoms with Gasteiger partial charge in [0.25, 0.3) is 5.91 Å². The van der Waals surface area contributed by atoms with Crippen LogP contribution in [-0.4, -0.2) is 17.4 Å². The monoisotopic (exact) mass is 367 g/mol. The Balaban J connectivity index is 2.06. The quantitative estimate of drug-likeness (QED) is 0.822. The van der Waals surface area contributed by atoms with E-state index in [1.54, 1.807) is 5.38 Å². The van der Waals surface area contributed by atoms with E-state index < -0.39 is 0 Å². The molecule has 0 aliphatic carbocycles. The van der Waals surface area contributed by atoms with Crippen molar-refractivity contribution in [2.45, 2.75) is 25.8 Å². The van der Waals surface area contributed by atoms with Crippen LogP contribution in [0.3, 0.4) is 0 Å². The highest BCUT2D eigenvalue weighted by molar-refractivity contribution is 9.10. The second kappa shape index (κ2) is 7.68. The molecule has 0 saturated carbocycles. The Kier molecular flexibility index (Phi) is 5.90. The molecule has 3 N–H and O–H groups in total. The fourth-order valence-corrected chi connectivity index (χ4v) is 3.06. The molecular weight excluding hydrogens is 350 g/mol. The van der Waals surface area contributed by atoms with Gasteiger partial charge in [0.15, 0.2) is 0 Å². The van der Waals surface area contributed by atoms with Crippen LogP contribution in [-0.2, 0) is 6.42 Å². The fraction of sp³-hybridized carbons (Fsp3) is 0.333. The van der Waals surface area contributed by atoms with E-state index >= 15 is 0 Å². The third kappa shape index (κ3) is 4.36. The molecule has 0 aliphatic heterocycles. The number of nitrogens with one attached hydrogen (secondary N) is 1. The Labute approximate surface area is 136 Å². The zero-order valence-electron chi connectivity index (χ0n) is 11.8. The number of nitrogens with zero attached hydrogens (tertiary/aromatic N) is 1. The smallest absolute Gasteiger partial charge is 0.271 e. The second-order valence-corrected chi connectivity index (χ2v) is 6.51. The molecule has 1 aromatic carbocycles. The minimum absolute atomic E-state index is 0.00902. The third-order valence-corrected chi connectivity index (χ3v) is 4.57. The maximum absolute atomic E-state index is 12.3. The molecule has 2 rings (SSSR count). The number of aromatic nitrogens is 1. The second-order valence-electron chi connectivity index (χ2n) is 4.65. The summed E-state index contributed by atoms with van der Waals surface area (Å²) in [5.74, 6) is -0.135. The molecule has 0 fully saturated rings. The topological polar surface area (TPSA) is 68.0 Å². The van der Waals surface area contributed by atoms with Crippen LogP contribution in [0, 0.1) is 0 Å². The van der Waals surface area contributed by atoms with E-state index in [4.69, 9.17) is 5.73 Å². The van der Waals surface area contributed by atoms with E-state index in [0.29, 0.717) is 18.7 Å². The molecule has 0 spiro atoms. The van der Waals surface area contributed by atoms with Gasteiger partial charge in [-0.05, 0) is 30.7 Å². The number of carbonyl (C=O) groups is 1. The molecule has 1 aromatic heterocycles. The average Bonchev–Trinajstić information content (AvgIpc) is 2.95. The summed E-state index contributed by atoms with van der Waals surface area (Å²) in [6.45, 7) is 2.60. The lowest BCUT2D eigenvalue weighted by Crippen LogP contribution is -2.28. The zero-order chi connectivity index (χ0) is 15.2. The molecule has 2 aromatic rings. The van der Waals surface area contributed by atoms with Gasteiger partial charge in [0.2, 0.25) is 0 Å². The van der Waals surface area contributed by atoms with Gasteiger partial charge < -0.3 is 11.1 Å². The number of halogens is 1. The fourth-order valence-electron chi connectivity index (χ4n) is 2.00. The van der Waals surface area contributed by atoms with Crippen LogP contribution < -0.4 is 11.1 Å². The van der Waals surface area contributed by atoms with Gasteiger partial charge in [-0.15, -0.1) is 11.3 Å². The lowest BCUT2D eigenvalue weighted by atomic mass is 10.0. The SMILES string of the molecule is CCC(NC(=O)c1csc(CCN)n1)c1ccc(Br)cc1. The highest BCUT2D eigenvalue weighted by Gasteiger charge is 2.16. The molecule has 1 unspecified atom stereocenters. The summed E-state index contributed by atoms with van der Waals surface area (Å²) in [5, 5.41) is 5.72. The first-order chi connectivity index (χ1) is 10.1. The Hall–Kier alpha value is -1.24. The summed E-state index contributed by atoms with van der Waals surface area (Å²) >= 11 is 4.89. The van der Waals surface area contributed by atoms with Gasteiger partial charge in [-0.25, -0.2) is 4.98 Å². The van der Waals surface area contributed by atoms with Crippen LogP contribution in [0.5, 0.6) is 0 Å². The van der Waals surface area contributed by atoms with Crippen LogP contribution in [0.2, 0.25) is 0 Å². The lowest BCUT2D eigenvalue weighted by molar-refractivity contribution is 0.0931. The maximum atomic E-state index is 12.3. The van der Waals surface area contributed by atoms with E-state index in [2.05, 4.69) is 26.2 Å². The first-order valence-corrected chi connectivity index (χ1v) is 8.52. The third-order valence-electron chi connectivity index (χ3n) is 3.13. The Morgan fingerprint density at radius 1 is 1.43 bits per heavy atom. The summed E-state index contributed by atoms with van der Waals surface area (Å²) in [6.07, 6.45) is 1.54. The molecule has 1 heterocycles. The van der Waals surface area contributed by atoms with E-state index in [1.165, 1.54) is 11.3 Å². The van der Waals surface area contributed by atoms with Crippen LogP contribution in [0.15, 0.2) is 34.1 Å². The number of hydrogen-bond donors (Lipinski definition) is 2. The minimum atomic E-state index is -0.135. The largest absolute Gasteiger partial charge is 0.344 e. The summed E-state index contributed by atoms with van der Waals surface area (Å²) in [5.41, 5.74) is 7.06. The molecule has 0 radical (unpaired) electrons. The Bertz CT molecular complexity index is 597. The maximum Gasteiger partial charge on any atom is 0.271 e. The molecule has 0 aliphatic rings. The van der Waals surface area contributed by atoms with Crippen molar-refractivity contribution in [1.82, 2.24) is 10.3 Å². The van der Waals surface area contributed by atoms with Crippen LogP contribution in [0.25, 0.3) is 0 Å².